The van der Waals surface area contributed by atoms with E-state index in [0.29, 0.717) is 6.54 Å². The quantitative estimate of drug-likeness (QED) is 0.312. The smallest absolute Gasteiger partial charge is 0.262 e. The maximum atomic E-state index is 12.7. The van der Waals surface area contributed by atoms with Crippen molar-refractivity contribution in [2.45, 2.75) is 26.1 Å². The number of rotatable bonds is 6. The van der Waals surface area contributed by atoms with Gasteiger partial charge in [-0.15, -0.1) is 0 Å². The van der Waals surface area contributed by atoms with E-state index >= 15 is 0 Å². The summed E-state index contributed by atoms with van der Waals surface area (Å²) < 4.78 is 4.21. The van der Waals surface area contributed by atoms with E-state index < -0.39 is 0 Å². The molecule has 1 amide bonds. The van der Waals surface area contributed by atoms with E-state index in [4.69, 9.17) is 0 Å². The number of hydrogen-bond acceptors (Lipinski definition) is 1. The van der Waals surface area contributed by atoms with Crippen LogP contribution in [0.15, 0.2) is 91.3 Å². The number of carbonyl (C=O) groups excluding carboxylic acids is 1. The van der Waals surface area contributed by atoms with Gasteiger partial charge in [0.25, 0.3) is 5.91 Å². The lowest BCUT2D eigenvalue weighted by Gasteiger charge is -2.13. The third kappa shape index (κ3) is 5.03. The molecule has 0 spiro atoms. The Morgan fingerprint density at radius 3 is 2.28 bits per heavy atom. The molecule has 0 saturated heterocycles. The first kappa shape index (κ1) is 21.0. The average molecular weight is 497 g/mol. The average Bonchev–Trinajstić information content (AvgIpc) is 3.06. The van der Waals surface area contributed by atoms with Gasteiger partial charge in [0.05, 0.1) is 6.04 Å². The monoisotopic (exact) mass is 497 g/mol. The number of benzene rings is 3. The van der Waals surface area contributed by atoms with E-state index in [0.717, 1.165) is 23.1 Å². The van der Waals surface area contributed by atoms with Gasteiger partial charge < -0.3 is 29.3 Å². The molecular formula is C24H24IN3O. The Bertz CT molecular complexity index is 1080. The predicted molar refractivity (Wildman–Crippen MR) is 111 cm³/mol. The number of aromatic nitrogens is 2. The Morgan fingerprint density at radius 1 is 0.931 bits per heavy atom. The molecule has 0 aliphatic rings. The number of para-hydroxylation sites is 2. The van der Waals surface area contributed by atoms with Crippen LogP contribution in [0.2, 0.25) is 0 Å². The zero-order valence-corrected chi connectivity index (χ0v) is 18.5. The van der Waals surface area contributed by atoms with Crippen LogP contribution < -0.4 is 33.9 Å². The molecule has 1 aromatic heterocycles. The first-order valence-corrected chi connectivity index (χ1v) is 9.56. The van der Waals surface area contributed by atoms with Crippen LogP contribution in [0.5, 0.6) is 0 Å². The SMILES string of the molecule is CC(NC(=O)Cn1c[n+](Cc2ccccc2)c2ccccc21)c1ccccc1.[I-]. The molecule has 0 bridgehead atoms. The molecule has 4 rings (SSSR count). The van der Waals surface area contributed by atoms with Crippen LogP contribution in [0.3, 0.4) is 0 Å². The predicted octanol–water partition coefficient (Wildman–Crippen LogP) is 0.858. The minimum absolute atomic E-state index is 0. The van der Waals surface area contributed by atoms with Gasteiger partial charge in [-0.2, -0.15) is 0 Å². The number of amides is 1. The Hall–Kier alpha value is -2.67. The molecule has 0 radical (unpaired) electrons. The van der Waals surface area contributed by atoms with E-state index in [1.807, 2.05) is 78.5 Å². The first-order valence-electron chi connectivity index (χ1n) is 9.56. The van der Waals surface area contributed by atoms with Crippen LogP contribution in [0.25, 0.3) is 11.0 Å². The number of nitrogens with one attached hydrogen (secondary N) is 1. The van der Waals surface area contributed by atoms with Crippen molar-refractivity contribution >= 4 is 16.9 Å². The fourth-order valence-corrected chi connectivity index (χ4v) is 3.54. The van der Waals surface area contributed by atoms with Gasteiger partial charge in [-0.1, -0.05) is 72.8 Å². The number of carbonyl (C=O) groups is 1. The van der Waals surface area contributed by atoms with E-state index in [9.17, 15) is 4.79 Å². The van der Waals surface area contributed by atoms with Gasteiger partial charge in [0.2, 0.25) is 6.33 Å². The highest BCUT2D eigenvalue weighted by atomic mass is 127. The lowest BCUT2D eigenvalue weighted by molar-refractivity contribution is -0.663. The molecule has 0 aliphatic heterocycles. The number of nitrogens with zero attached hydrogens (tertiary/aromatic N) is 2. The van der Waals surface area contributed by atoms with E-state index in [1.165, 1.54) is 5.56 Å². The molecule has 1 unspecified atom stereocenters. The van der Waals surface area contributed by atoms with Crippen LogP contribution >= 0.6 is 0 Å². The Labute approximate surface area is 188 Å². The van der Waals surface area contributed by atoms with E-state index in [1.54, 1.807) is 0 Å². The Balaban J connectivity index is 0.00000240. The molecule has 3 aromatic carbocycles. The van der Waals surface area contributed by atoms with Crippen molar-refractivity contribution in [2.24, 2.45) is 0 Å². The fraction of sp³-hybridized carbons (Fsp3) is 0.167. The molecule has 1 atom stereocenters. The number of hydrogen-bond donors (Lipinski definition) is 1. The molecule has 0 saturated carbocycles. The maximum absolute atomic E-state index is 12.7. The van der Waals surface area contributed by atoms with Crippen molar-refractivity contribution < 1.29 is 33.3 Å². The lowest BCUT2D eigenvalue weighted by atomic mass is 10.1. The van der Waals surface area contributed by atoms with Crippen molar-refractivity contribution in [3.05, 3.63) is 102 Å². The van der Waals surface area contributed by atoms with Crippen LogP contribution in [0.4, 0.5) is 0 Å². The molecule has 148 valence electrons. The summed E-state index contributed by atoms with van der Waals surface area (Å²) in [6.07, 6.45) is 2.03. The van der Waals surface area contributed by atoms with Crippen molar-refractivity contribution in [2.75, 3.05) is 0 Å². The second-order valence-corrected chi connectivity index (χ2v) is 7.05. The minimum Gasteiger partial charge on any atom is -1.00 e. The van der Waals surface area contributed by atoms with Gasteiger partial charge in [0.15, 0.2) is 17.6 Å². The van der Waals surface area contributed by atoms with Crippen molar-refractivity contribution in [1.82, 2.24) is 9.88 Å². The number of imidazole rings is 1. The van der Waals surface area contributed by atoms with Gasteiger partial charge in [0.1, 0.15) is 6.54 Å². The van der Waals surface area contributed by atoms with Crippen LogP contribution in [0, 0.1) is 0 Å². The molecule has 0 aliphatic carbocycles. The van der Waals surface area contributed by atoms with E-state index in [-0.39, 0.29) is 35.9 Å². The molecular weight excluding hydrogens is 473 g/mol. The van der Waals surface area contributed by atoms with Crippen molar-refractivity contribution in [1.29, 1.82) is 0 Å². The molecule has 5 heteroatoms. The highest BCUT2D eigenvalue weighted by molar-refractivity contribution is 5.79. The standard InChI is InChI=1S/C24H23N3O.HI/c1-19(21-12-6-3-7-13-21)25-24(28)17-27-18-26(16-20-10-4-2-5-11-20)22-14-8-9-15-23(22)27;/h2-15,18-19H,16-17H2,1H3;1H. The summed E-state index contributed by atoms with van der Waals surface area (Å²) in [6.45, 7) is 3.08. The van der Waals surface area contributed by atoms with Gasteiger partial charge in [-0.05, 0) is 30.2 Å². The molecule has 1 heterocycles. The summed E-state index contributed by atoms with van der Waals surface area (Å²) >= 11 is 0. The summed E-state index contributed by atoms with van der Waals surface area (Å²) in [7, 11) is 0. The summed E-state index contributed by atoms with van der Waals surface area (Å²) in [5, 5.41) is 3.10. The first-order chi connectivity index (χ1) is 13.7. The molecule has 0 fully saturated rings. The summed E-state index contributed by atoms with van der Waals surface area (Å²) in [5.41, 5.74) is 4.51. The Kier molecular flexibility index (Phi) is 7.04. The lowest BCUT2D eigenvalue weighted by Crippen LogP contribution is -3.00. The van der Waals surface area contributed by atoms with Crippen LogP contribution in [-0.2, 0) is 17.9 Å². The van der Waals surface area contributed by atoms with E-state index in [2.05, 4.69) is 34.1 Å². The van der Waals surface area contributed by atoms with Gasteiger partial charge in [-0.3, -0.25) is 4.79 Å². The van der Waals surface area contributed by atoms with Gasteiger partial charge in [0, 0.05) is 0 Å². The molecule has 4 nitrogen and oxygen atoms in total. The molecule has 29 heavy (non-hydrogen) atoms. The zero-order valence-electron chi connectivity index (χ0n) is 16.3. The van der Waals surface area contributed by atoms with Crippen LogP contribution in [-0.4, -0.2) is 10.5 Å². The van der Waals surface area contributed by atoms with Crippen molar-refractivity contribution in [3.8, 4) is 0 Å². The fourth-order valence-electron chi connectivity index (χ4n) is 3.54. The Morgan fingerprint density at radius 2 is 1.55 bits per heavy atom. The summed E-state index contributed by atoms with van der Waals surface area (Å²) in [4.78, 5) is 12.7. The zero-order chi connectivity index (χ0) is 19.3. The summed E-state index contributed by atoms with van der Waals surface area (Å²) in [6, 6.07) is 28.6. The largest absolute Gasteiger partial charge is 1.00 e. The highest BCUT2D eigenvalue weighted by Crippen LogP contribution is 2.14. The molecule has 4 aromatic rings. The number of fused-ring (bicyclic) bond motifs is 1. The normalized spacial score (nSPS) is 11.6. The van der Waals surface area contributed by atoms with Crippen molar-refractivity contribution in [3.63, 3.8) is 0 Å². The minimum atomic E-state index is -0.0213. The van der Waals surface area contributed by atoms with Crippen LogP contribution in [0.1, 0.15) is 24.1 Å². The summed E-state index contributed by atoms with van der Waals surface area (Å²) in [5.74, 6) is 0.00367. The highest BCUT2D eigenvalue weighted by Gasteiger charge is 2.19. The maximum Gasteiger partial charge on any atom is 0.262 e. The van der Waals surface area contributed by atoms with Gasteiger partial charge >= 0.3 is 0 Å². The third-order valence-corrected chi connectivity index (χ3v) is 4.97. The molecule has 1 N–H and O–H groups in total. The third-order valence-electron chi connectivity index (χ3n) is 4.97. The topological polar surface area (TPSA) is 37.9 Å². The second kappa shape index (κ2) is 9.69. The second-order valence-electron chi connectivity index (χ2n) is 7.05. The van der Waals surface area contributed by atoms with Gasteiger partial charge in [-0.25, -0.2) is 9.13 Å². The number of halogens is 1.